The molecule has 4 heteroatoms. The van der Waals surface area contributed by atoms with Gasteiger partial charge in [0.15, 0.2) is 0 Å². The minimum atomic E-state index is 0.133. The Hall–Kier alpha value is -0.450. The van der Waals surface area contributed by atoms with Gasteiger partial charge in [0, 0.05) is 29.2 Å². The van der Waals surface area contributed by atoms with Crippen LogP contribution in [0.5, 0.6) is 0 Å². The highest BCUT2D eigenvalue weighted by molar-refractivity contribution is 7.09. The van der Waals surface area contributed by atoms with Crippen LogP contribution in [0.3, 0.4) is 0 Å². The van der Waals surface area contributed by atoms with Gasteiger partial charge in [0.1, 0.15) is 0 Å². The van der Waals surface area contributed by atoms with Crippen molar-refractivity contribution in [2.24, 2.45) is 11.7 Å². The molecule has 2 bridgehead atoms. The highest BCUT2D eigenvalue weighted by Gasteiger charge is 2.43. The van der Waals surface area contributed by atoms with Crippen molar-refractivity contribution in [1.29, 1.82) is 0 Å². The average molecular weight is 280 g/mol. The fraction of sp³-hybridized carbons (Fsp3) is 0.800. The molecule has 3 rings (SSSR count). The lowest BCUT2D eigenvalue weighted by Crippen LogP contribution is -2.38. The Morgan fingerprint density at radius 1 is 1.47 bits per heavy atom. The summed E-state index contributed by atoms with van der Waals surface area (Å²) in [5.41, 5.74) is 7.72. The van der Waals surface area contributed by atoms with Gasteiger partial charge in [-0.15, -0.1) is 11.3 Å². The topological polar surface area (TPSA) is 48.1 Å². The van der Waals surface area contributed by atoms with E-state index >= 15 is 0 Å². The first-order valence-corrected chi connectivity index (χ1v) is 8.17. The van der Waals surface area contributed by atoms with Crippen LogP contribution in [-0.4, -0.2) is 23.2 Å². The molecule has 1 aromatic rings. The summed E-state index contributed by atoms with van der Waals surface area (Å²) < 4.78 is 5.91. The maximum atomic E-state index is 6.40. The Bertz CT molecular complexity index is 451. The monoisotopic (exact) mass is 280 g/mol. The molecule has 2 N–H and O–H groups in total. The maximum absolute atomic E-state index is 6.40. The van der Waals surface area contributed by atoms with E-state index in [9.17, 15) is 0 Å². The van der Waals surface area contributed by atoms with Crippen molar-refractivity contribution in [3.05, 3.63) is 16.1 Å². The van der Waals surface area contributed by atoms with Crippen LogP contribution in [0, 0.1) is 5.92 Å². The molecule has 0 radical (unpaired) electrons. The van der Waals surface area contributed by atoms with Gasteiger partial charge >= 0.3 is 0 Å². The molecular formula is C15H24N2OS. The average Bonchev–Trinajstić information content (AvgIpc) is 3.02. The van der Waals surface area contributed by atoms with Gasteiger partial charge in [-0.25, -0.2) is 4.98 Å². The van der Waals surface area contributed by atoms with Gasteiger partial charge in [-0.05, 0) is 19.3 Å². The molecule has 106 valence electrons. The van der Waals surface area contributed by atoms with Gasteiger partial charge in [0.05, 0.1) is 22.9 Å². The zero-order chi connectivity index (χ0) is 13.6. The molecule has 4 atom stereocenters. The van der Waals surface area contributed by atoms with Crippen LogP contribution < -0.4 is 5.73 Å². The summed E-state index contributed by atoms with van der Waals surface area (Å²) in [6, 6.07) is 0.203. The molecule has 2 aliphatic rings. The van der Waals surface area contributed by atoms with Gasteiger partial charge in [0.2, 0.25) is 0 Å². The molecule has 0 saturated carbocycles. The number of nitrogens with two attached hydrogens (primary N) is 1. The molecule has 2 aliphatic heterocycles. The normalized spacial score (nSPS) is 31.9. The largest absolute Gasteiger partial charge is 0.375 e. The van der Waals surface area contributed by atoms with E-state index in [-0.39, 0.29) is 11.5 Å². The van der Waals surface area contributed by atoms with Crippen LogP contribution in [0.25, 0.3) is 0 Å². The number of hydrogen-bond acceptors (Lipinski definition) is 4. The Morgan fingerprint density at radius 3 is 2.79 bits per heavy atom. The van der Waals surface area contributed by atoms with Crippen molar-refractivity contribution in [1.82, 2.24) is 4.98 Å². The molecule has 0 amide bonds. The van der Waals surface area contributed by atoms with E-state index in [0.29, 0.717) is 18.1 Å². The summed E-state index contributed by atoms with van der Waals surface area (Å²) in [7, 11) is 0. The van der Waals surface area contributed by atoms with Crippen molar-refractivity contribution < 1.29 is 4.74 Å². The predicted molar refractivity (Wildman–Crippen MR) is 78.5 cm³/mol. The second-order valence-corrected chi connectivity index (χ2v) is 7.96. The molecule has 2 saturated heterocycles. The van der Waals surface area contributed by atoms with E-state index in [0.717, 1.165) is 12.8 Å². The Labute approximate surface area is 119 Å². The van der Waals surface area contributed by atoms with Crippen molar-refractivity contribution in [2.75, 3.05) is 0 Å². The molecule has 0 aliphatic carbocycles. The highest BCUT2D eigenvalue weighted by atomic mass is 32.1. The number of nitrogens with zero attached hydrogens (tertiary/aromatic N) is 1. The van der Waals surface area contributed by atoms with Crippen LogP contribution in [-0.2, 0) is 16.6 Å². The Kier molecular flexibility index (Phi) is 3.44. The fourth-order valence-corrected chi connectivity index (χ4v) is 4.32. The molecule has 19 heavy (non-hydrogen) atoms. The third kappa shape index (κ3) is 2.71. The summed E-state index contributed by atoms with van der Waals surface area (Å²) in [6.07, 6.45) is 5.40. The maximum Gasteiger partial charge on any atom is 0.0944 e. The van der Waals surface area contributed by atoms with Crippen LogP contribution in [0.15, 0.2) is 5.38 Å². The zero-order valence-electron chi connectivity index (χ0n) is 12.1. The minimum absolute atomic E-state index is 0.133. The number of thiazole rings is 1. The lowest BCUT2D eigenvalue weighted by molar-refractivity contribution is 0.0885. The van der Waals surface area contributed by atoms with Crippen molar-refractivity contribution in [3.8, 4) is 0 Å². The zero-order valence-corrected chi connectivity index (χ0v) is 12.9. The number of rotatable bonds is 3. The quantitative estimate of drug-likeness (QED) is 0.926. The molecule has 1 aromatic heterocycles. The summed E-state index contributed by atoms with van der Waals surface area (Å²) in [5.74, 6) is 0.542. The van der Waals surface area contributed by atoms with Crippen LogP contribution in [0.1, 0.15) is 50.7 Å². The minimum Gasteiger partial charge on any atom is -0.375 e. The molecule has 3 nitrogen and oxygen atoms in total. The van der Waals surface area contributed by atoms with E-state index in [2.05, 4.69) is 26.2 Å². The molecule has 0 spiro atoms. The summed E-state index contributed by atoms with van der Waals surface area (Å²) in [6.45, 7) is 6.61. The van der Waals surface area contributed by atoms with E-state index in [1.54, 1.807) is 11.3 Å². The fourth-order valence-electron chi connectivity index (χ4n) is 3.23. The van der Waals surface area contributed by atoms with E-state index < -0.39 is 0 Å². The van der Waals surface area contributed by atoms with Crippen molar-refractivity contribution in [2.45, 2.75) is 70.1 Å². The van der Waals surface area contributed by atoms with E-state index in [1.165, 1.54) is 23.5 Å². The SMILES string of the molecule is CC(C)(C)c1csc(CC(N)C2CC3CCC2O3)n1. The lowest BCUT2D eigenvalue weighted by Gasteiger charge is -2.24. The van der Waals surface area contributed by atoms with E-state index in [1.807, 2.05) is 0 Å². The first-order valence-electron chi connectivity index (χ1n) is 7.29. The summed E-state index contributed by atoms with van der Waals surface area (Å²) >= 11 is 1.75. The second-order valence-electron chi connectivity index (χ2n) is 7.02. The first-order chi connectivity index (χ1) is 8.93. The van der Waals surface area contributed by atoms with Gasteiger partial charge in [-0.3, -0.25) is 0 Å². The van der Waals surface area contributed by atoms with Gasteiger partial charge in [-0.1, -0.05) is 20.8 Å². The standard InChI is InChI=1S/C15H24N2OS/c1-15(2,3)13-8-19-14(17-13)7-11(16)10-6-9-4-5-12(10)18-9/h8-12H,4-7,16H2,1-3H3. The first kappa shape index (κ1) is 13.5. The summed E-state index contributed by atoms with van der Waals surface area (Å²) in [5, 5.41) is 3.36. The number of hydrogen-bond donors (Lipinski definition) is 1. The molecule has 2 fully saturated rings. The van der Waals surface area contributed by atoms with E-state index in [4.69, 9.17) is 15.5 Å². The molecule has 4 unspecified atom stereocenters. The van der Waals surface area contributed by atoms with Crippen molar-refractivity contribution >= 4 is 11.3 Å². The molecule has 3 heterocycles. The second kappa shape index (κ2) is 4.83. The van der Waals surface area contributed by atoms with Gasteiger partial charge in [-0.2, -0.15) is 0 Å². The van der Waals surface area contributed by atoms with Gasteiger partial charge in [0.25, 0.3) is 0 Å². The number of ether oxygens (including phenoxy) is 1. The van der Waals surface area contributed by atoms with Gasteiger partial charge < -0.3 is 10.5 Å². The number of fused-ring (bicyclic) bond motifs is 2. The van der Waals surface area contributed by atoms with Crippen LogP contribution in [0.2, 0.25) is 0 Å². The highest BCUT2D eigenvalue weighted by Crippen LogP contribution is 2.40. The van der Waals surface area contributed by atoms with Crippen molar-refractivity contribution in [3.63, 3.8) is 0 Å². The third-order valence-electron chi connectivity index (χ3n) is 4.43. The number of aromatic nitrogens is 1. The Morgan fingerprint density at radius 2 is 2.26 bits per heavy atom. The molecular weight excluding hydrogens is 256 g/mol. The third-order valence-corrected chi connectivity index (χ3v) is 5.30. The smallest absolute Gasteiger partial charge is 0.0944 e. The Balaban J connectivity index is 1.63. The predicted octanol–water partition coefficient (Wildman–Crippen LogP) is 2.88. The lowest BCUT2D eigenvalue weighted by atomic mass is 9.83. The van der Waals surface area contributed by atoms with Crippen LogP contribution >= 0.6 is 11.3 Å². The summed E-state index contributed by atoms with van der Waals surface area (Å²) in [4.78, 5) is 4.75. The van der Waals surface area contributed by atoms with Crippen LogP contribution in [0.4, 0.5) is 0 Å². The molecule has 0 aromatic carbocycles.